The van der Waals surface area contributed by atoms with Crippen LogP contribution in [-0.4, -0.2) is 28.7 Å². The second kappa shape index (κ2) is 7.59. The van der Waals surface area contributed by atoms with Crippen molar-refractivity contribution < 1.29 is 14.3 Å². The summed E-state index contributed by atoms with van der Waals surface area (Å²) in [6.45, 7) is 1.58. The van der Waals surface area contributed by atoms with Crippen molar-refractivity contribution in [3.8, 4) is 11.5 Å². The highest BCUT2D eigenvalue weighted by Crippen LogP contribution is 2.33. The van der Waals surface area contributed by atoms with Gasteiger partial charge in [-0.15, -0.1) is 11.3 Å². The van der Waals surface area contributed by atoms with Gasteiger partial charge in [0.15, 0.2) is 11.5 Å². The Hall–Kier alpha value is -2.73. The molecular weight excluding hydrogens is 384 g/mol. The molecule has 6 heteroatoms. The molecule has 5 nitrogen and oxygen atoms in total. The van der Waals surface area contributed by atoms with Gasteiger partial charge in [0.25, 0.3) is 5.91 Å². The van der Waals surface area contributed by atoms with E-state index in [4.69, 9.17) is 9.47 Å². The zero-order valence-corrected chi connectivity index (χ0v) is 17.3. The van der Waals surface area contributed by atoms with E-state index in [-0.39, 0.29) is 12.7 Å². The molecule has 1 atom stereocenters. The summed E-state index contributed by atoms with van der Waals surface area (Å²) in [6.07, 6.45) is 7.75. The monoisotopic (exact) mass is 408 g/mol. The quantitative estimate of drug-likeness (QED) is 0.560. The Morgan fingerprint density at radius 2 is 2.10 bits per heavy atom. The van der Waals surface area contributed by atoms with Crippen molar-refractivity contribution in [3.63, 3.8) is 0 Å². The van der Waals surface area contributed by atoms with E-state index in [0.717, 1.165) is 58.8 Å². The minimum atomic E-state index is 0.0862. The normalized spacial score (nSPS) is 17.8. The molecule has 3 aromatic rings. The number of allylic oxidation sites excluding steroid dienone is 2. The van der Waals surface area contributed by atoms with Gasteiger partial charge in [0.2, 0.25) is 6.79 Å². The zero-order valence-electron chi connectivity index (χ0n) is 16.5. The van der Waals surface area contributed by atoms with Crippen molar-refractivity contribution in [1.29, 1.82) is 0 Å². The molecule has 0 N–H and O–H groups in total. The molecule has 0 spiro atoms. The number of aryl methyl sites for hydroxylation is 1. The molecule has 2 aliphatic rings. The lowest BCUT2D eigenvalue weighted by atomic mass is 9.93. The van der Waals surface area contributed by atoms with Crippen LogP contribution in [0.2, 0.25) is 0 Å². The van der Waals surface area contributed by atoms with Crippen LogP contribution in [0.3, 0.4) is 0 Å². The maximum Gasteiger partial charge on any atom is 0.270 e. The van der Waals surface area contributed by atoms with Crippen molar-refractivity contribution in [2.24, 2.45) is 13.0 Å². The highest BCUT2D eigenvalue weighted by molar-refractivity contribution is 7.17. The molecule has 1 aliphatic heterocycles. The molecule has 0 saturated heterocycles. The number of amides is 1. The van der Waals surface area contributed by atoms with E-state index in [2.05, 4.69) is 23.6 Å². The van der Waals surface area contributed by atoms with Crippen LogP contribution >= 0.6 is 11.3 Å². The molecule has 0 bridgehead atoms. The number of ether oxygens (including phenoxy) is 2. The van der Waals surface area contributed by atoms with Crippen LogP contribution in [-0.2, 0) is 13.6 Å². The van der Waals surface area contributed by atoms with Crippen LogP contribution in [0.15, 0.2) is 47.9 Å². The summed E-state index contributed by atoms with van der Waals surface area (Å²) >= 11 is 1.67. The average Bonchev–Trinajstić information content (AvgIpc) is 3.45. The Balaban J connectivity index is 1.44. The average molecular weight is 409 g/mol. The molecular formula is C23H24N2O3S. The second-order valence-corrected chi connectivity index (χ2v) is 8.73. The lowest BCUT2D eigenvalue weighted by molar-refractivity contribution is 0.0700. The number of rotatable bonds is 5. The first-order chi connectivity index (χ1) is 14.2. The number of aromatic nitrogens is 1. The third-order valence-electron chi connectivity index (χ3n) is 5.84. The van der Waals surface area contributed by atoms with Gasteiger partial charge in [-0.1, -0.05) is 18.2 Å². The maximum absolute atomic E-state index is 13.6. The molecule has 0 saturated carbocycles. The molecule has 29 heavy (non-hydrogen) atoms. The fourth-order valence-corrected chi connectivity index (χ4v) is 5.08. The first-order valence-electron chi connectivity index (χ1n) is 10.0. The van der Waals surface area contributed by atoms with Crippen LogP contribution < -0.4 is 9.47 Å². The molecule has 1 aromatic carbocycles. The van der Waals surface area contributed by atoms with Crippen molar-refractivity contribution in [2.45, 2.75) is 25.8 Å². The van der Waals surface area contributed by atoms with Gasteiger partial charge in [-0.3, -0.25) is 4.79 Å². The number of nitrogens with zero attached hydrogens (tertiary/aromatic N) is 2. The van der Waals surface area contributed by atoms with Gasteiger partial charge >= 0.3 is 0 Å². The standard InChI is InChI=1S/C23H24N2O3S/c1-24-18-9-10-29-22(18)12-19(24)23(26)25(13-16-5-3-2-4-6-16)14-17-7-8-20-21(11-17)28-15-27-20/h2-3,7-12,16H,4-6,13-15H2,1H3/t16-/m1/s1. The third-order valence-corrected chi connectivity index (χ3v) is 6.69. The predicted molar refractivity (Wildman–Crippen MR) is 115 cm³/mol. The van der Waals surface area contributed by atoms with Crippen molar-refractivity contribution in [2.75, 3.05) is 13.3 Å². The summed E-state index contributed by atoms with van der Waals surface area (Å²) in [4.78, 5) is 15.6. The molecule has 1 amide bonds. The van der Waals surface area contributed by atoms with Crippen molar-refractivity contribution in [3.05, 3.63) is 59.1 Å². The largest absolute Gasteiger partial charge is 0.454 e. The number of carbonyl (C=O) groups is 1. The van der Waals surface area contributed by atoms with Crippen LogP contribution in [0.1, 0.15) is 35.3 Å². The van der Waals surface area contributed by atoms with E-state index in [9.17, 15) is 4.79 Å². The Labute approximate surface area is 174 Å². The smallest absolute Gasteiger partial charge is 0.270 e. The lowest BCUT2D eigenvalue weighted by Crippen LogP contribution is -2.36. The number of hydrogen-bond donors (Lipinski definition) is 0. The van der Waals surface area contributed by atoms with Gasteiger partial charge < -0.3 is 18.9 Å². The van der Waals surface area contributed by atoms with E-state index in [1.54, 1.807) is 11.3 Å². The molecule has 1 aliphatic carbocycles. The van der Waals surface area contributed by atoms with Crippen molar-refractivity contribution >= 4 is 27.5 Å². The summed E-state index contributed by atoms with van der Waals surface area (Å²) in [5, 5.41) is 2.07. The fraction of sp³-hybridized carbons (Fsp3) is 0.348. The summed E-state index contributed by atoms with van der Waals surface area (Å²) in [7, 11) is 1.98. The van der Waals surface area contributed by atoms with Gasteiger partial charge in [0.05, 0.1) is 10.2 Å². The Bertz CT molecular complexity index is 1080. The number of benzene rings is 1. The van der Waals surface area contributed by atoms with Crippen LogP contribution in [0.5, 0.6) is 11.5 Å². The molecule has 0 fully saturated rings. The van der Waals surface area contributed by atoms with Crippen molar-refractivity contribution in [1.82, 2.24) is 9.47 Å². The minimum Gasteiger partial charge on any atom is -0.454 e. The highest BCUT2D eigenvalue weighted by Gasteiger charge is 2.25. The summed E-state index contributed by atoms with van der Waals surface area (Å²) in [5.74, 6) is 2.11. The van der Waals surface area contributed by atoms with E-state index < -0.39 is 0 Å². The van der Waals surface area contributed by atoms with E-state index in [1.165, 1.54) is 0 Å². The third kappa shape index (κ3) is 3.53. The summed E-state index contributed by atoms with van der Waals surface area (Å²) in [5.41, 5.74) is 2.92. The SMILES string of the molecule is Cn1c(C(=O)N(Cc2ccc3c(c2)OCO3)C[C@@H]2CC=CCC2)cc2sccc21. The van der Waals surface area contributed by atoms with Gasteiger partial charge in [0.1, 0.15) is 5.69 Å². The van der Waals surface area contributed by atoms with E-state index >= 15 is 0 Å². The van der Waals surface area contributed by atoms with Crippen LogP contribution in [0.25, 0.3) is 10.2 Å². The lowest BCUT2D eigenvalue weighted by Gasteiger charge is -2.29. The zero-order chi connectivity index (χ0) is 19.8. The number of hydrogen-bond acceptors (Lipinski definition) is 4. The first kappa shape index (κ1) is 18.3. The molecule has 0 radical (unpaired) electrons. The number of thiophene rings is 1. The number of carbonyl (C=O) groups excluding carboxylic acids is 1. The first-order valence-corrected chi connectivity index (χ1v) is 10.9. The maximum atomic E-state index is 13.6. The summed E-state index contributed by atoms with van der Waals surface area (Å²) < 4.78 is 14.1. The Kier molecular flexibility index (Phi) is 4.79. The Morgan fingerprint density at radius 3 is 2.93 bits per heavy atom. The van der Waals surface area contributed by atoms with E-state index in [1.807, 2.05) is 40.8 Å². The van der Waals surface area contributed by atoms with Crippen LogP contribution in [0, 0.1) is 5.92 Å². The van der Waals surface area contributed by atoms with Gasteiger partial charge in [-0.2, -0.15) is 0 Å². The number of fused-ring (bicyclic) bond motifs is 2. The summed E-state index contributed by atoms with van der Waals surface area (Å²) in [6, 6.07) is 10.0. The van der Waals surface area contributed by atoms with E-state index in [0.29, 0.717) is 12.5 Å². The molecule has 2 aromatic heterocycles. The second-order valence-electron chi connectivity index (χ2n) is 7.78. The molecule has 0 unspecified atom stereocenters. The predicted octanol–water partition coefficient (Wildman–Crippen LogP) is 4.97. The molecule has 3 heterocycles. The topological polar surface area (TPSA) is 43.7 Å². The van der Waals surface area contributed by atoms with Gasteiger partial charge in [-0.05, 0) is 60.4 Å². The molecule has 5 rings (SSSR count). The fourth-order valence-electron chi connectivity index (χ4n) is 4.23. The Morgan fingerprint density at radius 1 is 1.21 bits per heavy atom. The van der Waals surface area contributed by atoms with Gasteiger partial charge in [0, 0.05) is 20.1 Å². The van der Waals surface area contributed by atoms with Crippen LogP contribution in [0.4, 0.5) is 0 Å². The minimum absolute atomic E-state index is 0.0862. The molecule has 150 valence electrons. The van der Waals surface area contributed by atoms with Gasteiger partial charge in [-0.25, -0.2) is 0 Å². The highest BCUT2D eigenvalue weighted by atomic mass is 32.1.